The molecular weight excluding hydrogens is 296 g/mol. The van der Waals surface area contributed by atoms with Crippen molar-refractivity contribution in [2.45, 2.75) is 31.5 Å². The van der Waals surface area contributed by atoms with Crippen molar-refractivity contribution in [3.63, 3.8) is 0 Å². The monoisotopic (exact) mass is 314 g/mol. The second kappa shape index (κ2) is 6.88. The van der Waals surface area contributed by atoms with Gasteiger partial charge in [-0.2, -0.15) is 0 Å². The lowest BCUT2D eigenvalue weighted by atomic mass is 10.0. The molecule has 9 heteroatoms. The minimum Gasteiger partial charge on any atom is -0.494 e. The number of nitrogens with one attached hydrogen (secondary N) is 1. The van der Waals surface area contributed by atoms with Crippen LogP contribution in [0.2, 0.25) is 0 Å². The highest BCUT2D eigenvalue weighted by atomic mass is 16.6. The van der Waals surface area contributed by atoms with Crippen LogP contribution in [-0.2, 0) is 4.74 Å². The lowest BCUT2D eigenvalue weighted by Gasteiger charge is -2.35. The van der Waals surface area contributed by atoms with Crippen LogP contribution in [0.15, 0.2) is 18.2 Å². The predicted octanol–water partition coefficient (Wildman–Crippen LogP) is -0.156. The molecule has 0 amide bonds. The third-order valence-corrected chi connectivity index (χ3v) is 3.28. The van der Waals surface area contributed by atoms with Crippen LogP contribution < -0.4 is 10.1 Å². The van der Waals surface area contributed by atoms with E-state index in [2.05, 4.69) is 5.32 Å². The highest BCUT2D eigenvalue weighted by Gasteiger charge is 2.38. The van der Waals surface area contributed by atoms with Gasteiger partial charge in [-0.3, -0.25) is 10.1 Å². The van der Waals surface area contributed by atoms with E-state index in [0.717, 1.165) is 0 Å². The van der Waals surface area contributed by atoms with E-state index in [1.165, 1.54) is 12.1 Å². The maximum atomic E-state index is 11.1. The average molecular weight is 314 g/mol. The van der Waals surface area contributed by atoms with Gasteiger partial charge in [0.1, 0.15) is 29.7 Å². The summed E-state index contributed by atoms with van der Waals surface area (Å²) in [7, 11) is 0. The summed E-state index contributed by atoms with van der Waals surface area (Å²) >= 11 is 0. The van der Waals surface area contributed by atoms with E-state index in [4.69, 9.17) is 9.47 Å². The largest absolute Gasteiger partial charge is 0.494 e. The molecule has 1 aromatic rings. The van der Waals surface area contributed by atoms with Crippen molar-refractivity contribution in [1.29, 1.82) is 0 Å². The first-order chi connectivity index (χ1) is 10.4. The average Bonchev–Trinajstić information content (AvgIpc) is 2.49. The van der Waals surface area contributed by atoms with E-state index in [1.807, 2.05) is 0 Å². The maximum absolute atomic E-state index is 11.1. The standard InChI is InChI=1S/C13H18N2O7/c1-2-21-7-3-4-8(9(5-7)15(19)20)14-13-12(18)11(17)10(16)6-22-13/h3-5,10-14,16-18H,2,6H2,1H3/t10-,11+,12-,13-/m1/s1. The number of nitrogens with zero attached hydrogens (tertiary/aromatic N) is 1. The lowest BCUT2D eigenvalue weighted by Crippen LogP contribution is -2.55. The van der Waals surface area contributed by atoms with Gasteiger partial charge in [0.15, 0.2) is 6.23 Å². The van der Waals surface area contributed by atoms with Gasteiger partial charge in [0.25, 0.3) is 5.69 Å². The number of hydrogen-bond donors (Lipinski definition) is 4. The number of aliphatic hydroxyl groups is 3. The molecule has 0 radical (unpaired) electrons. The molecule has 1 aliphatic heterocycles. The zero-order valence-electron chi connectivity index (χ0n) is 11.9. The molecule has 0 bridgehead atoms. The molecule has 4 N–H and O–H groups in total. The molecule has 0 saturated carbocycles. The molecule has 1 aromatic carbocycles. The zero-order valence-corrected chi connectivity index (χ0v) is 11.9. The van der Waals surface area contributed by atoms with Crippen molar-refractivity contribution in [3.05, 3.63) is 28.3 Å². The molecule has 2 rings (SSSR count). The molecule has 4 atom stereocenters. The molecule has 0 aliphatic carbocycles. The Balaban J connectivity index is 2.20. The van der Waals surface area contributed by atoms with Crippen molar-refractivity contribution >= 4 is 11.4 Å². The zero-order chi connectivity index (χ0) is 16.3. The first-order valence-corrected chi connectivity index (χ1v) is 6.77. The molecule has 1 fully saturated rings. The highest BCUT2D eigenvalue weighted by molar-refractivity contribution is 5.64. The molecule has 1 heterocycles. The quantitative estimate of drug-likeness (QED) is 0.435. The number of benzene rings is 1. The van der Waals surface area contributed by atoms with Crippen molar-refractivity contribution in [3.8, 4) is 5.75 Å². The third kappa shape index (κ3) is 3.45. The minimum absolute atomic E-state index is 0.112. The molecule has 1 aliphatic rings. The van der Waals surface area contributed by atoms with E-state index in [0.29, 0.717) is 12.4 Å². The fraction of sp³-hybridized carbons (Fsp3) is 0.538. The molecule has 9 nitrogen and oxygen atoms in total. The summed E-state index contributed by atoms with van der Waals surface area (Å²) in [6, 6.07) is 4.22. The first-order valence-electron chi connectivity index (χ1n) is 6.77. The summed E-state index contributed by atoms with van der Waals surface area (Å²) in [5.41, 5.74) is -0.136. The van der Waals surface area contributed by atoms with Crippen LogP contribution in [0, 0.1) is 10.1 Å². The molecule has 1 saturated heterocycles. The number of hydrogen-bond acceptors (Lipinski definition) is 8. The Kier molecular flexibility index (Phi) is 5.14. The Labute approximate surface area is 126 Å². The van der Waals surface area contributed by atoms with Crippen LogP contribution in [0.25, 0.3) is 0 Å². The fourth-order valence-electron chi connectivity index (χ4n) is 2.13. The Hall–Kier alpha value is -1.94. The van der Waals surface area contributed by atoms with E-state index < -0.39 is 29.5 Å². The van der Waals surface area contributed by atoms with Crippen LogP contribution >= 0.6 is 0 Å². The number of nitro benzene ring substituents is 1. The molecule has 0 unspecified atom stereocenters. The molecule has 0 spiro atoms. The van der Waals surface area contributed by atoms with Crippen molar-refractivity contribution in [1.82, 2.24) is 0 Å². The molecule has 122 valence electrons. The Morgan fingerprint density at radius 1 is 1.41 bits per heavy atom. The number of nitro groups is 1. The SMILES string of the molecule is CCOc1ccc(N[C@@H]2OC[C@@H](O)[C@H](O)[C@H]2O)c([N+](=O)[O-])c1. The minimum atomic E-state index is -1.42. The van der Waals surface area contributed by atoms with E-state index in [1.54, 1.807) is 13.0 Å². The Bertz CT molecular complexity index is 539. The topological polar surface area (TPSA) is 134 Å². The van der Waals surface area contributed by atoms with Crippen molar-refractivity contribution in [2.75, 3.05) is 18.5 Å². The van der Waals surface area contributed by atoms with Gasteiger partial charge < -0.3 is 30.1 Å². The smallest absolute Gasteiger partial charge is 0.296 e. The van der Waals surface area contributed by atoms with Gasteiger partial charge >= 0.3 is 0 Å². The van der Waals surface area contributed by atoms with Gasteiger partial charge in [0.2, 0.25) is 0 Å². The van der Waals surface area contributed by atoms with Gasteiger partial charge in [-0.05, 0) is 19.1 Å². The van der Waals surface area contributed by atoms with Gasteiger partial charge in [0.05, 0.1) is 24.2 Å². The van der Waals surface area contributed by atoms with Crippen LogP contribution in [0.5, 0.6) is 5.75 Å². The van der Waals surface area contributed by atoms with Crippen LogP contribution in [-0.4, -0.2) is 58.0 Å². The van der Waals surface area contributed by atoms with Gasteiger partial charge in [-0.25, -0.2) is 0 Å². The van der Waals surface area contributed by atoms with Crippen LogP contribution in [0.3, 0.4) is 0 Å². The van der Waals surface area contributed by atoms with Gasteiger partial charge in [-0.1, -0.05) is 0 Å². The highest BCUT2D eigenvalue weighted by Crippen LogP contribution is 2.31. The third-order valence-electron chi connectivity index (χ3n) is 3.28. The number of anilines is 1. The molecule has 22 heavy (non-hydrogen) atoms. The maximum Gasteiger partial charge on any atom is 0.296 e. The number of ether oxygens (including phenoxy) is 2. The summed E-state index contributed by atoms with van der Waals surface area (Å²) in [6.07, 6.45) is -5.10. The lowest BCUT2D eigenvalue weighted by molar-refractivity contribution is -0.384. The Morgan fingerprint density at radius 3 is 2.77 bits per heavy atom. The van der Waals surface area contributed by atoms with Gasteiger partial charge in [0, 0.05) is 0 Å². The van der Waals surface area contributed by atoms with E-state index in [9.17, 15) is 25.4 Å². The number of rotatable bonds is 5. The normalized spacial score (nSPS) is 28.2. The summed E-state index contributed by atoms with van der Waals surface area (Å²) in [6.45, 7) is 1.94. The summed E-state index contributed by atoms with van der Waals surface area (Å²) in [5.74, 6) is 0.348. The van der Waals surface area contributed by atoms with Crippen LogP contribution in [0.4, 0.5) is 11.4 Å². The van der Waals surface area contributed by atoms with E-state index in [-0.39, 0.29) is 18.0 Å². The van der Waals surface area contributed by atoms with Gasteiger partial charge in [-0.15, -0.1) is 0 Å². The fourth-order valence-corrected chi connectivity index (χ4v) is 2.13. The number of aliphatic hydroxyl groups excluding tert-OH is 3. The van der Waals surface area contributed by atoms with E-state index >= 15 is 0 Å². The molecular formula is C13H18N2O7. The first kappa shape index (κ1) is 16.4. The second-order valence-corrected chi connectivity index (χ2v) is 4.82. The van der Waals surface area contributed by atoms with Crippen molar-refractivity contribution < 1.29 is 29.7 Å². The summed E-state index contributed by atoms with van der Waals surface area (Å²) < 4.78 is 10.4. The predicted molar refractivity (Wildman–Crippen MR) is 75.6 cm³/mol. The second-order valence-electron chi connectivity index (χ2n) is 4.82. The van der Waals surface area contributed by atoms with Crippen molar-refractivity contribution in [2.24, 2.45) is 0 Å². The van der Waals surface area contributed by atoms with Crippen LogP contribution in [0.1, 0.15) is 6.92 Å². The summed E-state index contributed by atoms with van der Waals surface area (Å²) in [5, 5.41) is 42.6. The Morgan fingerprint density at radius 2 is 2.14 bits per heavy atom. The summed E-state index contributed by atoms with van der Waals surface area (Å²) in [4.78, 5) is 10.5. The molecule has 0 aromatic heterocycles.